The summed E-state index contributed by atoms with van der Waals surface area (Å²) in [4.78, 5) is 8.29. The normalized spacial score (nSPS) is 11.2. The molecule has 88 valence electrons. The molecule has 2 rings (SSSR count). The molecular formula is C14H17N3. The third kappa shape index (κ3) is 3.03. The van der Waals surface area contributed by atoms with E-state index in [0.717, 1.165) is 5.69 Å². The Labute approximate surface area is 102 Å². The van der Waals surface area contributed by atoms with Crippen LogP contribution in [0.3, 0.4) is 0 Å². The topological polar surface area (TPSA) is 37.8 Å². The number of nitrogens with one attached hydrogen (secondary N) is 1. The number of aromatic nitrogens is 2. The standard InChI is InChI=1S/C14H17N3/c1-14(2,3)11-6-4-7-12(10-11)17-13-15-8-5-9-16-13/h4-10H,1-3H3,(H,15,16,17). The average molecular weight is 227 g/mol. The van der Waals surface area contributed by atoms with Crippen molar-refractivity contribution in [1.82, 2.24) is 9.97 Å². The third-order valence-corrected chi connectivity index (χ3v) is 2.55. The van der Waals surface area contributed by atoms with E-state index in [0.29, 0.717) is 5.95 Å². The molecule has 1 aromatic heterocycles. The molecule has 1 heterocycles. The van der Waals surface area contributed by atoms with Crippen molar-refractivity contribution >= 4 is 11.6 Å². The Morgan fingerprint density at radius 2 is 1.71 bits per heavy atom. The van der Waals surface area contributed by atoms with Gasteiger partial charge in [0, 0.05) is 18.1 Å². The number of rotatable bonds is 2. The van der Waals surface area contributed by atoms with Gasteiger partial charge in [0.15, 0.2) is 0 Å². The van der Waals surface area contributed by atoms with Gasteiger partial charge in [-0.25, -0.2) is 9.97 Å². The van der Waals surface area contributed by atoms with Gasteiger partial charge in [0.2, 0.25) is 5.95 Å². The molecule has 17 heavy (non-hydrogen) atoms. The fourth-order valence-electron chi connectivity index (χ4n) is 1.56. The molecule has 0 aliphatic rings. The van der Waals surface area contributed by atoms with E-state index < -0.39 is 0 Å². The summed E-state index contributed by atoms with van der Waals surface area (Å²) < 4.78 is 0. The highest BCUT2D eigenvalue weighted by Crippen LogP contribution is 2.25. The summed E-state index contributed by atoms with van der Waals surface area (Å²) in [5.41, 5.74) is 2.46. The minimum Gasteiger partial charge on any atom is -0.324 e. The molecule has 0 spiro atoms. The number of nitrogens with zero attached hydrogens (tertiary/aromatic N) is 2. The summed E-state index contributed by atoms with van der Waals surface area (Å²) in [6, 6.07) is 10.1. The van der Waals surface area contributed by atoms with Crippen molar-refractivity contribution < 1.29 is 0 Å². The van der Waals surface area contributed by atoms with Crippen LogP contribution in [-0.4, -0.2) is 9.97 Å². The van der Waals surface area contributed by atoms with Gasteiger partial charge in [-0.3, -0.25) is 0 Å². The molecule has 0 radical (unpaired) electrons. The smallest absolute Gasteiger partial charge is 0.227 e. The Morgan fingerprint density at radius 1 is 1.00 bits per heavy atom. The lowest BCUT2D eigenvalue weighted by Gasteiger charge is -2.19. The first-order valence-electron chi connectivity index (χ1n) is 5.70. The van der Waals surface area contributed by atoms with Gasteiger partial charge in [-0.05, 0) is 29.2 Å². The zero-order chi connectivity index (χ0) is 12.3. The fraction of sp³-hybridized carbons (Fsp3) is 0.286. The molecule has 0 fully saturated rings. The van der Waals surface area contributed by atoms with E-state index in [1.165, 1.54) is 5.56 Å². The van der Waals surface area contributed by atoms with Crippen molar-refractivity contribution in [2.75, 3.05) is 5.32 Å². The molecular weight excluding hydrogens is 210 g/mol. The lowest BCUT2D eigenvalue weighted by atomic mass is 9.87. The highest BCUT2D eigenvalue weighted by Gasteiger charge is 2.13. The second-order valence-corrected chi connectivity index (χ2v) is 5.03. The van der Waals surface area contributed by atoms with Crippen molar-refractivity contribution in [3.63, 3.8) is 0 Å². The summed E-state index contributed by atoms with van der Waals surface area (Å²) in [5, 5.41) is 3.19. The Hall–Kier alpha value is -1.90. The largest absolute Gasteiger partial charge is 0.324 e. The Kier molecular flexibility index (Phi) is 3.09. The molecule has 0 bridgehead atoms. The van der Waals surface area contributed by atoms with E-state index >= 15 is 0 Å². The van der Waals surface area contributed by atoms with Gasteiger partial charge in [0.05, 0.1) is 0 Å². The summed E-state index contributed by atoms with van der Waals surface area (Å²) in [6.07, 6.45) is 3.45. The van der Waals surface area contributed by atoms with Crippen LogP contribution in [0.2, 0.25) is 0 Å². The number of hydrogen-bond acceptors (Lipinski definition) is 3. The van der Waals surface area contributed by atoms with Crippen LogP contribution in [0.1, 0.15) is 26.3 Å². The van der Waals surface area contributed by atoms with Gasteiger partial charge in [0.1, 0.15) is 0 Å². The maximum absolute atomic E-state index is 4.14. The van der Waals surface area contributed by atoms with E-state index in [1.807, 2.05) is 12.1 Å². The van der Waals surface area contributed by atoms with Gasteiger partial charge in [0.25, 0.3) is 0 Å². The van der Waals surface area contributed by atoms with Gasteiger partial charge >= 0.3 is 0 Å². The number of benzene rings is 1. The Bertz CT molecular complexity index is 486. The van der Waals surface area contributed by atoms with Crippen LogP contribution >= 0.6 is 0 Å². The monoisotopic (exact) mass is 227 g/mol. The third-order valence-electron chi connectivity index (χ3n) is 2.55. The molecule has 3 heteroatoms. The first kappa shape index (κ1) is 11.6. The van der Waals surface area contributed by atoms with Gasteiger partial charge in [-0.2, -0.15) is 0 Å². The molecule has 0 aliphatic carbocycles. The van der Waals surface area contributed by atoms with Crippen molar-refractivity contribution in [2.24, 2.45) is 0 Å². The summed E-state index contributed by atoms with van der Waals surface area (Å²) in [6.45, 7) is 6.60. The Balaban J connectivity index is 2.23. The maximum atomic E-state index is 4.14. The number of hydrogen-bond donors (Lipinski definition) is 1. The van der Waals surface area contributed by atoms with E-state index in [-0.39, 0.29) is 5.41 Å². The molecule has 3 nitrogen and oxygen atoms in total. The van der Waals surface area contributed by atoms with Crippen LogP contribution in [0.25, 0.3) is 0 Å². The van der Waals surface area contributed by atoms with Crippen LogP contribution in [0, 0.1) is 0 Å². The zero-order valence-corrected chi connectivity index (χ0v) is 10.4. The highest BCUT2D eigenvalue weighted by molar-refractivity contribution is 5.54. The molecule has 0 amide bonds. The van der Waals surface area contributed by atoms with Crippen molar-refractivity contribution in [1.29, 1.82) is 0 Å². The average Bonchev–Trinajstić information content (AvgIpc) is 2.29. The summed E-state index contributed by atoms with van der Waals surface area (Å²) in [7, 11) is 0. The maximum Gasteiger partial charge on any atom is 0.227 e. The fourth-order valence-corrected chi connectivity index (χ4v) is 1.56. The minimum atomic E-state index is 0.148. The van der Waals surface area contributed by atoms with Crippen LogP contribution < -0.4 is 5.32 Å². The Morgan fingerprint density at radius 3 is 2.35 bits per heavy atom. The van der Waals surface area contributed by atoms with Crippen molar-refractivity contribution in [3.8, 4) is 0 Å². The van der Waals surface area contributed by atoms with E-state index in [4.69, 9.17) is 0 Å². The second-order valence-electron chi connectivity index (χ2n) is 5.03. The van der Waals surface area contributed by atoms with E-state index in [9.17, 15) is 0 Å². The van der Waals surface area contributed by atoms with Gasteiger partial charge in [-0.15, -0.1) is 0 Å². The van der Waals surface area contributed by atoms with Crippen LogP contribution in [0.4, 0.5) is 11.6 Å². The van der Waals surface area contributed by atoms with Crippen molar-refractivity contribution in [3.05, 3.63) is 48.3 Å². The van der Waals surface area contributed by atoms with Crippen LogP contribution in [0.5, 0.6) is 0 Å². The predicted molar refractivity (Wildman–Crippen MR) is 70.5 cm³/mol. The van der Waals surface area contributed by atoms with E-state index in [2.05, 4.69) is 48.2 Å². The summed E-state index contributed by atoms with van der Waals surface area (Å²) >= 11 is 0. The predicted octanol–water partition coefficient (Wildman–Crippen LogP) is 3.52. The highest BCUT2D eigenvalue weighted by atomic mass is 15.1. The molecule has 0 saturated carbocycles. The second kappa shape index (κ2) is 4.53. The zero-order valence-electron chi connectivity index (χ0n) is 10.4. The lowest BCUT2D eigenvalue weighted by Crippen LogP contribution is -2.11. The lowest BCUT2D eigenvalue weighted by molar-refractivity contribution is 0.590. The quantitative estimate of drug-likeness (QED) is 0.853. The van der Waals surface area contributed by atoms with Crippen molar-refractivity contribution in [2.45, 2.75) is 26.2 Å². The SMILES string of the molecule is CC(C)(C)c1cccc(Nc2ncccn2)c1. The molecule has 0 aliphatic heterocycles. The minimum absolute atomic E-state index is 0.148. The van der Waals surface area contributed by atoms with E-state index in [1.54, 1.807) is 18.5 Å². The molecule has 2 aromatic rings. The molecule has 0 saturated heterocycles. The first-order chi connectivity index (χ1) is 8.05. The van der Waals surface area contributed by atoms with Crippen LogP contribution in [0.15, 0.2) is 42.7 Å². The summed E-state index contributed by atoms with van der Waals surface area (Å²) in [5.74, 6) is 0.624. The van der Waals surface area contributed by atoms with Crippen LogP contribution in [-0.2, 0) is 5.41 Å². The van der Waals surface area contributed by atoms with Gasteiger partial charge < -0.3 is 5.32 Å². The molecule has 0 unspecified atom stereocenters. The molecule has 1 N–H and O–H groups in total. The van der Waals surface area contributed by atoms with Gasteiger partial charge in [-0.1, -0.05) is 32.9 Å². The molecule has 1 aromatic carbocycles. The molecule has 0 atom stereocenters. The number of anilines is 2. The first-order valence-corrected chi connectivity index (χ1v) is 5.70.